The normalized spacial score (nSPS) is 17.0. The molecule has 1 heterocycles. The molecule has 2 rings (SSSR count). The van der Waals surface area contributed by atoms with Gasteiger partial charge in [0.15, 0.2) is 0 Å². The summed E-state index contributed by atoms with van der Waals surface area (Å²) in [4.78, 5) is 12.0. The van der Waals surface area contributed by atoms with Crippen molar-refractivity contribution in [2.75, 3.05) is 13.1 Å². The summed E-state index contributed by atoms with van der Waals surface area (Å²) in [6, 6.07) is 4.19. The van der Waals surface area contributed by atoms with E-state index in [4.69, 9.17) is 0 Å². The summed E-state index contributed by atoms with van der Waals surface area (Å²) in [7, 11) is -4.12. The molecule has 0 radical (unpaired) electrons. The number of amides is 1. The van der Waals surface area contributed by atoms with Gasteiger partial charge in [-0.05, 0) is 44.0 Å². The van der Waals surface area contributed by atoms with Crippen LogP contribution in [-0.4, -0.2) is 39.5 Å². The molecule has 1 atom stereocenters. The summed E-state index contributed by atoms with van der Waals surface area (Å²) in [5.74, 6) is -1.49. The van der Waals surface area contributed by atoms with E-state index in [-0.39, 0.29) is 30.3 Å². The highest BCUT2D eigenvalue weighted by Gasteiger charge is 2.31. The third-order valence-electron chi connectivity index (χ3n) is 4.04. The smallest absolute Gasteiger partial charge is 0.244 e. The average molecular weight is 394 g/mol. The number of halogens is 2. The SMILES string of the molecule is CC(C)C(NS(=O)(=O)c1ccccc1F)C(=O)NC1CCNCC1.Cl. The summed E-state index contributed by atoms with van der Waals surface area (Å²) in [6.45, 7) is 5.13. The monoisotopic (exact) mass is 393 g/mol. The summed E-state index contributed by atoms with van der Waals surface area (Å²) in [6.07, 6.45) is 1.60. The van der Waals surface area contributed by atoms with Crippen LogP contribution in [0.1, 0.15) is 26.7 Å². The Kier molecular flexibility index (Phi) is 8.27. The molecule has 1 fully saturated rings. The number of carbonyl (C=O) groups excluding carboxylic acids is 1. The highest BCUT2D eigenvalue weighted by Crippen LogP contribution is 2.16. The molecule has 1 saturated heterocycles. The minimum Gasteiger partial charge on any atom is -0.352 e. The Morgan fingerprint density at radius 2 is 1.84 bits per heavy atom. The van der Waals surface area contributed by atoms with Crippen molar-refractivity contribution in [3.8, 4) is 0 Å². The van der Waals surface area contributed by atoms with Gasteiger partial charge in [0.2, 0.25) is 15.9 Å². The van der Waals surface area contributed by atoms with E-state index in [0.717, 1.165) is 32.0 Å². The Morgan fingerprint density at radius 1 is 1.24 bits per heavy atom. The Balaban J connectivity index is 0.00000312. The zero-order chi connectivity index (χ0) is 17.7. The van der Waals surface area contributed by atoms with E-state index in [0.29, 0.717) is 0 Å². The average Bonchev–Trinajstić information content (AvgIpc) is 2.53. The Bertz CT molecular complexity index is 679. The van der Waals surface area contributed by atoms with Gasteiger partial charge in [0.1, 0.15) is 16.8 Å². The van der Waals surface area contributed by atoms with Crippen molar-refractivity contribution in [1.29, 1.82) is 0 Å². The fourth-order valence-electron chi connectivity index (χ4n) is 2.64. The van der Waals surface area contributed by atoms with Crippen LogP contribution in [0.2, 0.25) is 0 Å². The van der Waals surface area contributed by atoms with Gasteiger partial charge in [-0.25, -0.2) is 12.8 Å². The van der Waals surface area contributed by atoms with Crippen molar-refractivity contribution >= 4 is 28.3 Å². The standard InChI is InChI=1S/C16H24FN3O3S.ClH/c1-11(2)15(16(21)19-12-7-9-18-10-8-12)20-24(22,23)14-6-4-3-5-13(14)17;/h3-6,11-12,15,18,20H,7-10H2,1-2H3,(H,19,21);1H. The van der Waals surface area contributed by atoms with E-state index in [9.17, 15) is 17.6 Å². The molecule has 9 heteroatoms. The fraction of sp³-hybridized carbons (Fsp3) is 0.562. The van der Waals surface area contributed by atoms with Gasteiger partial charge in [-0.3, -0.25) is 4.79 Å². The summed E-state index contributed by atoms with van der Waals surface area (Å²) < 4.78 is 41.0. The molecular weight excluding hydrogens is 369 g/mol. The number of piperidine rings is 1. The van der Waals surface area contributed by atoms with Crippen molar-refractivity contribution in [2.45, 2.75) is 43.7 Å². The van der Waals surface area contributed by atoms with Crippen LogP contribution >= 0.6 is 12.4 Å². The van der Waals surface area contributed by atoms with Crippen LogP contribution in [-0.2, 0) is 14.8 Å². The topological polar surface area (TPSA) is 87.3 Å². The maximum atomic E-state index is 13.8. The predicted octanol–water partition coefficient (Wildman–Crippen LogP) is 1.42. The largest absolute Gasteiger partial charge is 0.352 e. The van der Waals surface area contributed by atoms with Crippen LogP contribution in [0.4, 0.5) is 4.39 Å². The van der Waals surface area contributed by atoms with Gasteiger partial charge in [0, 0.05) is 6.04 Å². The first-order valence-corrected chi connectivity index (χ1v) is 9.57. The molecule has 142 valence electrons. The third kappa shape index (κ3) is 5.91. The summed E-state index contributed by atoms with van der Waals surface area (Å²) in [5.41, 5.74) is 0. The Hall–Kier alpha value is -1.22. The van der Waals surface area contributed by atoms with Crippen LogP contribution < -0.4 is 15.4 Å². The van der Waals surface area contributed by atoms with Crippen LogP contribution in [0.5, 0.6) is 0 Å². The van der Waals surface area contributed by atoms with E-state index < -0.39 is 26.8 Å². The molecular formula is C16H25ClFN3O3S. The second kappa shape index (κ2) is 9.47. The van der Waals surface area contributed by atoms with Gasteiger partial charge < -0.3 is 10.6 Å². The first-order valence-electron chi connectivity index (χ1n) is 8.09. The molecule has 0 aliphatic carbocycles. The minimum atomic E-state index is -4.12. The zero-order valence-electron chi connectivity index (χ0n) is 14.3. The maximum Gasteiger partial charge on any atom is 0.244 e. The quantitative estimate of drug-likeness (QED) is 0.682. The minimum absolute atomic E-state index is 0. The van der Waals surface area contributed by atoms with Crippen LogP contribution in [0.25, 0.3) is 0 Å². The summed E-state index contributed by atoms with van der Waals surface area (Å²) >= 11 is 0. The lowest BCUT2D eigenvalue weighted by atomic mass is 10.0. The lowest BCUT2D eigenvalue weighted by Gasteiger charge is -2.28. The van der Waals surface area contributed by atoms with E-state index in [1.807, 2.05) is 0 Å². The number of nitrogens with one attached hydrogen (secondary N) is 3. The number of carbonyl (C=O) groups is 1. The van der Waals surface area contributed by atoms with Crippen molar-refractivity contribution in [2.24, 2.45) is 5.92 Å². The number of hydrogen-bond acceptors (Lipinski definition) is 4. The molecule has 1 amide bonds. The number of hydrogen-bond donors (Lipinski definition) is 3. The van der Waals surface area contributed by atoms with Crippen LogP contribution in [0, 0.1) is 11.7 Å². The van der Waals surface area contributed by atoms with E-state index in [2.05, 4.69) is 15.4 Å². The highest BCUT2D eigenvalue weighted by molar-refractivity contribution is 7.89. The molecule has 0 bridgehead atoms. The van der Waals surface area contributed by atoms with Gasteiger partial charge in [-0.2, -0.15) is 4.72 Å². The van der Waals surface area contributed by atoms with E-state index in [1.54, 1.807) is 13.8 Å². The van der Waals surface area contributed by atoms with Crippen LogP contribution in [0.15, 0.2) is 29.2 Å². The lowest BCUT2D eigenvalue weighted by Crippen LogP contribution is -2.53. The molecule has 0 aromatic heterocycles. The first-order chi connectivity index (χ1) is 11.3. The molecule has 1 aromatic rings. The Morgan fingerprint density at radius 3 is 2.40 bits per heavy atom. The molecule has 1 unspecified atom stereocenters. The molecule has 0 spiro atoms. The fourth-order valence-corrected chi connectivity index (χ4v) is 4.07. The molecule has 1 aromatic carbocycles. The third-order valence-corrected chi connectivity index (χ3v) is 5.52. The predicted molar refractivity (Wildman–Crippen MR) is 96.6 cm³/mol. The number of sulfonamides is 1. The van der Waals surface area contributed by atoms with Gasteiger partial charge in [-0.1, -0.05) is 26.0 Å². The van der Waals surface area contributed by atoms with Gasteiger partial charge in [0.25, 0.3) is 0 Å². The molecule has 3 N–H and O–H groups in total. The number of rotatable bonds is 6. The molecule has 0 saturated carbocycles. The molecule has 6 nitrogen and oxygen atoms in total. The van der Waals surface area contributed by atoms with Gasteiger partial charge in [-0.15, -0.1) is 12.4 Å². The maximum absolute atomic E-state index is 13.8. The van der Waals surface area contributed by atoms with Crippen molar-refractivity contribution < 1.29 is 17.6 Å². The number of benzene rings is 1. The van der Waals surface area contributed by atoms with Crippen molar-refractivity contribution in [1.82, 2.24) is 15.4 Å². The van der Waals surface area contributed by atoms with Crippen LogP contribution in [0.3, 0.4) is 0 Å². The lowest BCUT2D eigenvalue weighted by molar-refractivity contribution is -0.124. The summed E-state index contributed by atoms with van der Waals surface area (Å²) in [5, 5.41) is 6.09. The van der Waals surface area contributed by atoms with Crippen molar-refractivity contribution in [3.05, 3.63) is 30.1 Å². The first kappa shape index (κ1) is 21.8. The van der Waals surface area contributed by atoms with Gasteiger partial charge >= 0.3 is 0 Å². The second-order valence-corrected chi connectivity index (χ2v) is 7.99. The van der Waals surface area contributed by atoms with Gasteiger partial charge in [0.05, 0.1) is 0 Å². The van der Waals surface area contributed by atoms with E-state index >= 15 is 0 Å². The van der Waals surface area contributed by atoms with Crippen molar-refractivity contribution in [3.63, 3.8) is 0 Å². The van der Waals surface area contributed by atoms with E-state index in [1.165, 1.54) is 18.2 Å². The molecule has 1 aliphatic heterocycles. The highest BCUT2D eigenvalue weighted by atomic mass is 35.5. The zero-order valence-corrected chi connectivity index (χ0v) is 15.9. The Labute approximate surface area is 154 Å². The second-order valence-electron chi connectivity index (χ2n) is 6.31. The molecule has 25 heavy (non-hydrogen) atoms. The molecule has 1 aliphatic rings.